The van der Waals surface area contributed by atoms with Crippen molar-refractivity contribution < 1.29 is 22.7 Å². The second-order valence-corrected chi connectivity index (χ2v) is 7.88. The Morgan fingerprint density at radius 1 is 1.14 bits per heavy atom. The fourth-order valence-corrected chi connectivity index (χ4v) is 3.55. The molecule has 1 aliphatic heterocycles. The Labute approximate surface area is 164 Å². The van der Waals surface area contributed by atoms with Gasteiger partial charge in [0.2, 0.25) is 0 Å². The van der Waals surface area contributed by atoms with E-state index in [4.69, 9.17) is 0 Å². The van der Waals surface area contributed by atoms with Gasteiger partial charge in [0.05, 0.1) is 29.6 Å². The smallest absolute Gasteiger partial charge is 0.387 e. The predicted octanol–water partition coefficient (Wildman–Crippen LogP) is 4.10. The molecule has 3 aromatic rings. The molecular formula is C20H20F4N4O. The molecule has 0 spiro atoms. The van der Waals surface area contributed by atoms with Crippen molar-refractivity contribution in [3.05, 3.63) is 48.2 Å². The van der Waals surface area contributed by atoms with Crippen molar-refractivity contribution in [1.29, 1.82) is 0 Å². The molecule has 1 N–H and O–H groups in total. The van der Waals surface area contributed by atoms with Gasteiger partial charge < -0.3 is 10.0 Å². The maximum absolute atomic E-state index is 15.1. The summed E-state index contributed by atoms with van der Waals surface area (Å²) in [6.45, 7) is 3.22. The Kier molecular flexibility index (Phi) is 4.34. The number of nitrogens with zero attached hydrogens (tertiary/aromatic N) is 4. The Morgan fingerprint density at radius 3 is 2.55 bits per heavy atom. The summed E-state index contributed by atoms with van der Waals surface area (Å²) in [4.78, 5) is 5.92. The van der Waals surface area contributed by atoms with Gasteiger partial charge in [0.1, 0.15) is 5.82 Å². The van der Waals surface area contributed by atoms with Gasteiger partial charge >= 0.3 is 6.18 Å². The van der Waals surface area contributed by atoms with Crippen molar-refractivity contribution in [3.8, 4) is 11.3 Å². The fourth-order valence-electron chi connectivity index (χ4n) is 3.55. The third-order valence-electron chi connectivity index (χ3n) is 5.47. The summed E-state index contributed by atoms with van der Waals surface area (Å²) < 4.78 is 55.7. The van der Waals surface area contributed by atoms with Crippen LogP contribution in [0.5, 0.6) is 0 Å². The van der Waals surface area contributed by atoms with E-state index in [1.807, 2.05) is 0 Å². The summed E-state index contributed by atoms with van der Waals surface area (Å²) in [7, 11) is 0. The van der Waals surface area contributed by atoms with Crippen LogP contribution in [0.15, 0.2) is 42.6 Å². The first-order valence-electron chi connectivity index (χ1n) is 9.17. The van der Waals surface area contributed by atoms with E-state index in [2.05, 4.69) is 10.1 Å². The molecule has 3 heterocycles. The van der Waals surface area contributed by atoms with E-state index in [1.165, 1.54) is 30.6 Å². The molecule has 0 saturated carbocycles. The van der Waals surface area contributed by atoms with Gasteiger partial charge in [0.25, 0.3) is 0 Å². The van der Waals surface area contributed by atoms with Crippen molar-refractivity contribution in [3.63, 3.8) is 0 Å². The molecule has 9 heteroatoms. The van der Waals surface area contributed by atoms with Gasteiger partial charge in [-0.15, -0.1) is 5.10 Å². The van der Waals surface area contributed by atoms with Crippen molar-refractivity contribution in [2.45, 2.75) is 37.7 Å². The van der Waals surface area contributed by atoms with Crippen LogP contribution in [0.1, 0.15) is 25.8 Å². The number of aliphatic hydroxyl groups is 1. The highest BCUT2D eigenvalue weighted by Crippen LogP contribution is 2.37. The summed E-state index contributed by atoms with van der Waals surface area (Å²) in [5, 5.41) is 14.6. The lowest BCUT2D eigenvalue weighted by Crippen LogP contribution is -2.48. The summed E-state index contributed by atoms with van der Waals surface area (Å²) in [6, 6.07) is 8.32. The zero-order chi connectivity index (χ0) is 21.0. The van der Waals surface area contributed by atoms with Crippen LogP contribution in [0, 0.1) is 0 Å². The molecule has 0 aliphatic carbocycles. The van der Waals surface area contributed by atoms with Crippen LogP contribution < -0.4 is 4.90 Å². The molecule has 2 aromatic heterocycles. The molecule has 0 radical (unpaired) electrons. The summed E-state index contributed by atoms with van der Waals surface area (Å²) >= 11 is 0. The molecule has 0 amide bonds. The van der Waals surface area contributed by atoms with Crippen LogP contribution in [0.2, 0.25) is 0 Å². The lowest BCUT2D eigenvalue weighted by Gasteiger charge is -2.32. The second kappa shape index (κ2) is 6.41. The monoisotopic (exact) mass is 408 g/mol. The molecule has 0 unspecified atom stereocenters. The number of benzene rings is 1. The normalized spacial score (nSPS) is 20.6. The SMILES string of the molecule is CC(C)(O)[C@]1(F)CCN(c2ccc3ncc(-c4cccc(C(F)(F)F)c4)n3n2)C1. The maximum Gasteiger partial charge on any atom is 0.416 e. The quantitative estimate of drug-likeness (QED) is 0.663. The first-order valence-corrected chi connectivity index (χ1v) is 9.17. The third kappa shape index (κ3) is 3.43. The summed E-state index contributed by atoms with van der Waals surface area (Å²) in [6.07, 6.45) is -2.84. The van der Waals surface area contributed by atoms with E-state index < -0.39 is 23.0 Å². The van der Waals surface area contributed by atoms with E-state index in [0.29, 0.717) is 29.3 Å². The number of halogens is 4. The fraction of sp³-hybridized carbons (Fsp3) is 0.400. The maximum atomic E-state index is 15.1. The first-order chi connectivity index (χ1) is 13.5. The highest BCUT2D eigenvalue weighted by molar-refractivity contribution is 5.64. The van der Waals surface area contributed by atoms with Crippen LogP contribution >= 0.6 is 0 Å². The minimum absolute atomic E-state index is 0.0252. The highest BCUT2D eigenvalue weighted by Gasteiger charge is 2.49. The highest BCUT2D eigenvalue weighted by atomic mass is 19.4. The second-order valence-electron chi connectivity index (χ2n) is 7.88. The molecule has 1 aliphatic rings. The number of anilines is 1. The van der Waals surface area contributed by atoms with Crippen molar-refractivity contribution >= 4 is 11.5 Å². The van der Waals surface area contributed by atoms with E-state index in [9.17, 15) is 18.3 Å². The summed E-state index contributed by atoms with van der Waals surface area (Å²) in [5.74, 6) is 0.465. The Balaban J connectivity index is 1.72. The number of imidazole rings is 1. The number of alkyl halides is 4. The van der Waals surface area contributed by atoms with E-state index in [-0.39, 0.29) is 13.0 Å². The molecule has 1 aromatic carbocycles. The van der Waals surface area contributed by atoms with Crippen LogP contribution in [0.3, 0.4) is 0 Å². The Hall–Kier alpha value is -2.68. The van der Waals surface area contributed by atoms with Crippen LogP contribution in [-0.2, 0) is 6.18 Å². The lowest BCUT2D eigenvalue weighted by molar-refractivity contribution is -0.137. The molecular weight excluding hydrogens is 388 g/mol. The number of hydrogen-bond donors (Lipinski definition) is 1. The van der Waals surface area contributed by atoms with Crippen molar-refractivity contribution in [2.24, 2.45) is 0 Å². The van der Waals surface area contributed by atoms with Gasteiger partial charge in [0.15, 0.2) is 11.3 Å². The molecule has 5 nitrogen and oxygen atoms in total. The molecule has 29 heavy (non-hydrogen) atoms. The third-order valence-corrected chi connectivity index (χ3v) is 5.47. The summed E-state index contributed by atoms with van der Waals surface area (Å²) in [5.41, 5.74) is -2.83. The van der Waals surface area contributed by atoms with E-state index in [0.717, 1.165) is 12.1 Å². The average molecular weight is 408 g/mol. The molecule has 1 fully saturated rings. The standard InChI is InChI=1S/C20H20F4N4O/c1-18(2,29)19(21)8-9-27(12-19)17-7-6-16-25-11-15(28(16)26-17)13-4-3-5-14(10-13)20(22,23)24/h3-7,10-11,29H,8-9,12H2,1-2H3/t19-/m0/s1. The first kappa shape index (κ1) is 19.6. The van der Waals surface area contributed by atoms with Gasteiger partial charge in [-0.2, -0.15) is 13.2 Å². The number of rotatable bonds is 3. The Bertz CT molecular complexity index is 1060. The topological polar surface area (TPSA) is 53.7 Å². The molecule has 1 saturated heterocycles. The zero-order valence-electron chi connectivity index (χ0n) is 15.9. The Morgan fingerprint density at radius 2 is 1.90 bits per heavy atom. The number of aromatic nitrogens is 3. The number of hydrogen-bond acceptors (Lipinski definition) is 4. The van der Waals surface area contributed by atoms with Gasteiger partial charge in [-0.3, -0.25) is 0 Å². The van der Waals surface area contributed by atoms with Gasteiger partial charge in [0, 0.05) is 18.5 Å². The van der Waals surface area contributed by atoms with Gasteiger partial charge in [-0.1, -0.05) is 12.1 Å². The van der Waals surface area contributed by atoms with E-state index >= 15 is 4.39 Å². The molecule has 0 bridgehead atoms. The molecule has 1 atom stereocenters. The molecule has 154 valence electrons. The lowest BCUT2D eigenvalue weighted by atomic mass is 9.87. The van der Waals surface area contributed by atoms with Crippen molar-refractivity contribution in [2.75, 3.05) is 18.0 Å². The van der Waals surface area contributed by atoms with Gasteiger partial charge in [-0.25, -0.2) is 13.9 Å². The van der Waals surface area contributed by atoms with Crippen LogP contribution in [0.4, 0.5) is 23.4 Å². The van der Waals surface area contributed by atoms with Crippen LogP contribution in [0.25, 0.3) is 16.9 Å². The van der Waals surface area contributed by atoms with Crippen molar-refractivity contribution in [1.82, 2.24) is 14.6 Å². The van der Waals surface area contributed by atoms with Crippen LogP contribution in [-0.4, -0.2) is 44.1 Å². The van der Waals surface area contributed by atoms with Gasteiger partial charge in [-0.05, 0) is 38.1 Å². The average Bonchev–Trinajstić information content (AvgIpc) is 3.25. The molecule has 4 rings (SSSR count). The zero-order valence-corrected chi connectivity index (χ0v) is 15.9. The minimum atomic E-state index is -4.45. The van der Waals surface area contributed by atoms with E-state index in [1.54, 1.807) is 23.1 Å². The number of fused-ring (bicyclic) bond motifs is 1. The predicted molar refractivity (Wildman–Crippen MR) is 100 cm³/mol. The largest absolute Gasteiger partial charge is 0.416 e. The minimum Gasteiger partial charge on any atom is -0.387 e.